The van der Waals surface area contributed by atoms with E-state index < -0.39 is 0 Å². The summed E-state index contributed by atoms with van der Waals surface area (Å²) in [4.78, 5) is 0. The fourth-order valence-corrected chi connectivity index (χ4v) is 2.05. The first-order chi connectivity index (χ1) is 8.24. The van der Waals surface area contributed by atoms with Crippen molar-refractivity contribution in [2.45, 2.75) is 6.42 Å². The van der Waals surface area contributed by atoms with Crippen LogP contribution in [0.3, 0.4) is 0 Å². The fraction of sp³-hybridized carbons (Fsp3) is 0.500. The average Bonchev–Trinajstić information content (AvgIpc) is 2.32. The van der Waals surface area contributed by atoms with E-state index in [2.05, 4.69) is 37.2 Å². The topological polar surface area (TPSA) is 30.5 Å². The third-order valence-electron chi connectivity index (χ3n) is 2.13. The molecule has 0 aromatic heterocycles. The molecule has 0 radical (unpaired) electrons. The summed E-state index contributed by atoms with van der Waals surface area (Å²) < 4.78 is 12.5. The highest BCUT2D eigenvalue weighted by molar-refractivity contribution is 9.11. The molecule has 0 amide bonds. The van der Waals surface area contributed by atoms with Crippen LogP contribution in [0.15, 0.2) is 27.1 Å². The SMILES string of the molecule is COCCCOCCNc1cc(Br)ccc1Br. The Kier molecular flexibility index (Phi) is 7.84. The predicted octanol–water partition coefficient (Wildman–Crippen LogP) is 3.68. The van der Waals surface area contributed by atoms with Gasteiger partial charge >= 0.3 is 0 Å². The van der Waals surface area contributed by atoms with Crippen molar-refractivity contribution in [2.24, 2.45) is 0 Å². The minimum absolute atomic E-state index is 0.697. The van der Waals surface area contributed by atoms with Gasteiger partial charge in [0.05, 0.1) is 6.61 Å². The Hall–Kier alpha value is -0.100. The molecule has 0 aliphatic carbocycles. The maximum absolute atomic E-state index is 5.46. The van der Waals surface area contributed by atoms with Crippen molar-refractivity contribution < 1.29 is 9.47 Å². The van der Waals surface area contributed by atoms with Crippen molar-refractivity contribution in [1.29, 1.82) is 0 Å². The molecule has 0 spiro atoms. The fourth-order valence-electron chi connectivity index (χ4n) is 1.30. The maximum atomic E-state index is 5.46. The highest BCUT2D eigenvalue weighted by Gasteiger charge is 1.99. The van der Waals surface area contributed by atoms with E-state index >= 15 is 0 Å². The molecule has 96 valence electrons. The van der Waals surface area contributed by atoms with Crippen LogP contribution >= 0.6 is 31.9 Å². The van der Waals surface area contributed by atoms with Crippen LogP contribution < -0.4 is 5.32 Å². The Balaban J connectivity index is 2.15. The highest BCUT2D eigenvalue weighted by Crippen LogP contribution is 2.25. The maximum Gasteiger partial charge on any atom is 0.0639 e. The van der Waals surface area contributed by atoms with Gasteiger partial charge in [0.15, 0.2) is 0 Å². The first-order valence-electron chi connectivity index (χ1n) is 5.49. The summed E-state index contributed by atoms with van der Waals surface area (Å²) in [6, 6.07) is 6.04. The minimum atomic E-state index is 0.697. The monoisotopic (exact) mass is 365 g/mol. The van der Waals surface area contributed by atoms with Crippen LogP contribution in [0.25, 0.3) is 0 Å². The van der Waals surface area contributed by atoms with Crippen molar-refractivity contribution in [3.8, 4) is 0 Å². The standard InChI is InChI=1S/C12H17Br2NO2/c1-16-6-2-7-17-8-5-15-12-9-10(13)3-4-11(12)14/h3-4,9,15H,2,5-8H2,1H3. The molecule has 0 aliphatic heterocycles. The molecule has 0 unspecified atom stereocenters. The molecule has 0 atom stereocenters. The second kappa shape index (κ2) is 8.91. The second-order valence-corrected chi connectivity index (χ2v) is 5.28. The zero-order valence-corrected chi connectivity index (χ0v) is 13.0. The Morgan fingerprint density at radius 1 is 1.18 bits per heavy atom. The van der Waals surface area contributed by atoms with E-state index in [1.807, 2.05) is 18.2 Å². The van der Waals surface area contributed by atoms with Gasteiger partial charge in [0, 0.05) is 41.5 Å². The molecule has 3 nitrogen and oxygen atoms in total. The number of hydrogen-bond acceptors (Lipinski definition) is 3. The van der Waals surface area contributed by atoms with Gasteiger partial charge in [-0.15, -0.1) is 0 Å². The summed E-state index contributed by atoms with van der Waals surface area (Å²) in [5, 5.41) is 3.31. The average molecular weight is 367 g/mol. The van der Waals surface area contributed by atoms with Crippen LogP contribution in [0.4, 0.5) is 5.69 Å². The van der Waals surface area contributed by atoms with Crippen LogP contribution in [0.1, 0.15) is 6.42 Å². The summed E-state index contributed by atoms with van der Waals surface area (Å²) >= 11 is 6.93. The number of rotatable bonds is 8. The van der Waals surface area contributed by atoms with E-state index in [0.717, 1.165) is 40.8 Å². The largest absolute Gasteiger partial charge is 0.385 e. The number of halogens is 2. The highest BCUT2D eigenvalue weighted by atomic mass is 79.9. The molecule has 0 saturated heterocycles. The number of nitrogens with one attached hydrogen (secondary N) is 1. The van der Waals surface area contributed by atoms with Gasteiger partial charge in [-0.1, -0.05) is 15.9 Å². The smallest absolute Gasteiger partial charge is 0.0639 e. The Labute approximate surface area is 119 Å². The van der Waals surface area contributed by atoms with Crippen molar-refractivity contribution in [2.75, 3.05) is 38.8 Å². The molecule has 0 saturated carbocycles. The number of benzene rings is 1. The van der Waals surface area contributed by atoms with Crippen LogP contribution in [0, 0.1) is 0 Å². The molecule has 1 aromatic carbocycles. The van der Waals surface area contributed by atoms with Gasteiger partial charge in [-0.2, -0.15) is 0 Å². The quantitative estimate of drug-likeness (QED) is 0.712. The molecule has 0 bridgehead atoms. The summed E-state index contributed by atoms with van der Waals surface area (Å²) in [5.74, 6) is 0. The molecular weight excluding hydrogens is 350 g/mol. The third kappa shape index (κ3) is 6.41. The van der Waals surface area contributed by atoms with Crippen LogP contribution in [0.2, 0.25) is 0 Å². The van der Waals surface area contributed by atoms with Crippen molar-refractivity contribution >= 4 is 37.5 Å². The Morgan fingerprint density at radius 2 is 2.00 bits per heavy atom. The minimum Gasteiger partial charge on any atom is -0.385 e. The van der Waals surface area contributed by atoms with Crippen LogP contribution in [-0.4, -0.2) is 33.5 Å². The first kappa shape index (κ1) is 15.0. The zero-order chi connectivity index (χ0) is 12.5. The van der Waals surface area contributed by atoms with Gasteiger partial charge in [-0.05, 0) is 40.5 Å². The van der Waals surface area contributed by atoms with Crippen molar-refractivity contribution in [3.63, 3.8) is 0 Å². The molecule has 0 fully saturated rings. The molecule has 1 N–H and O–H groups in total. The van der Waals surface area contributed by atoms with Gasteiger partial charge < -0.3 is 14.8 Å². The number of ether oxygens (including phenoxy) is 2. The molecule has 5 heteroatoms. The van der Waals surface area contributed by atoms with Crippen LogP contribution in [-0.2, 0) is 9.47 Å². The zero-order valence-electron chi connectivity index (χ0n) is 9.84. The van der Waals surface area contributed by atoms with Gasteiger partial charge in [0.25, 0.3) is 0 Å². The molecule has 0 heterocycles. The Bertz CT molecular complexity index is 334. The lowest BCUT2D eigenvalue weighted by atomic mass is 10.3. The van der Waals surface area contributed by atoms with Gasteiger partial charge in [0.1, 0.15) is 0 Å². The molecule has 1 aromatic rings. The first-order valence-corrected chi connectivity index (χ1v) is 7.08. The van der Waals surface area contributed by atoms with Gasteiger partial charge in [0.2, 0.25) is 0 Å². The van der Waals surface area contributed by atoms with Gasteiger partial charge in [-0.25, -0.2) is 0 Å². The normalized spacial score (nSPS) is 10.5. The van der Waals surface area contributed by atoms with E-state index in [-0.39, 0.29) is 0 Å². The van der Waals surface area contributed by atoms with E-state index in [9.17, 15) is 0 Å². The van der Waals surface area contributed by atoms with E-state index in [1.54, 1.807) is 7.11 Å². The third-order valence-corrected chi connectivity index (χ3v) is 3.31. The second-order valence-electron chi connectivity index (χ2n) is 3.51. The number of methoxy groups -OCH3 is 1. The summed E-state index contributed by atoms with van der Waals surface area (Å²) in [5.41, 5.74) is 1.07. The molecule has 1 rings (SSSR count). The molecule has 17 heavy (non-hydrogen) atoms. The lowest BCUT2D eigenvalue weighted by Gasteiger charge is -2.09. The lowest BCUT2D eigenvalue weighted by molar-refractivity contribution is 0.109. The summed E-state index contributed by atoms with van der Waals surface area (Å²) in [7, 11) is 1.70. The Morgan fingerprint density at radius 3 is 2.76 bits per heavy atom. The number of hydrogen-bond donors (Lipinski definition) is 1. The van der Waals surface area contributed by atoms with Crippen molar-refractivity contribution in [3.05, 3.63) is 27.1 Å². The van der Waals surface area contributed by atoms with Crippen molar-refractivity contribution in [1.82, 2.24) is 0 Å². The summed E-state index contributed by atoms with van der Waals surface area (Å²) in [6.07, 6.45) is 0.942. The lowest BCUT2D eigenvalue weighted by Crippen LogP contribution is -2.11. The summed E-state index contributed by atoms with van der Waals surface area (Å²) in [6.45, 7) is 2.99. The van der Waals surface area contributed by atoms with Crippen LogP contribution in [0.5, 0.6) is 0 Å². The molecule has 0 aliphatic rings. The van der Waals surface area contributed by atoms with Gasteiger partial charge in [-0.3, -0.25) is 0 Å². The van der Waals surface area contributed by atoms with E-state index in [4.69, 9.17) is 9.47 Å². The molecular formula is C12H17Br2NO2. The predicted molar refractivity (Wildman–Crippen MR) is 77.6 cm³/mol. The van der Waals surface area contributed by atoms with E-state index in [0.29, 0.717) is 6.61 Å². The number of anilines is 1. The van der Waals surface area contributed by atoms with E-state index in [1.165, 1.54) is 0 Å².